The second kappa shape index (κ2) is 8.60. The quantitative estimate of drug-likeness (QED) is 0.666. The average Bonchev–Trinajstić information content (AvgIpc) is 2.81. The van der Waals surface area contributed by atoms with Crippen molar-refractivity contribution in [1.29, 1.82) is 0 Å². The van der Waals surface area contributed by atoms with Crippen LogP contribution >= 0.6 is 0 Å². The summed E-state index contributed by atoms with van der Waals surface area (Å²) in [5, 5.41) is 13.4. The molecule has 166 valence electrons. The zero-order chi connectivity index (χ0) is 22.1. The summed E-state index contributed by atoms with van der Waals surface area (Å²) in [5.74, 6) is 5.12. The largest absolute Gasteiger partial charge is 0.394 e. The highest BCUT2D eigenvalue weighted by molar-refractivity contribution is 7.85. The van der Waals surface area contributed by atoms with Gasteiger partial charge in [-0.1, -0.05) is 12.0 Å². The Kier molecular flexibility index (Phi) is 5.66. The summed E-state index contributed by atoms with van der Waals surface area (Å²) in [6.45, 7) is 1.42. The number of fused-ring (bicyclic) bond motifs is 1. The van der Waals surface area contributed by atoms with Crippen LogP contribution in [0.15, 0.2) is 23.4 Å². The van der Waals surface area contributed by atoms with Crippen molar-refractivity contribution in [1.82, 2.24) is 19.9 Å². The first kappa shape index (κ1) is 21.0. The van der Waals surface area contributed by atoms with Crippen molar-refractivity contribution in [3.8, 4) is 12.3 Å². The van der Waals surface area contributed by atoms with Crippen LogP contribution in [0.5, 0.6) is 0 Å². The Bertz CT molecular complexity index is 1120. The van der Waals surface area contributed by atoms with Crippen LogP contribution in [0.2, 0.25) is 0 Å². The van der Waals surface area contributed by atoms with E-state index >= 15 is 0 Å². The van der Waals surface area contributed by atoms with Gasteiger partial charge in [0, 0.05) is 31.2 Å². The standard InChI is InChI=1S/C23H26N6O2S/c1-2-16-13-24-20(25-14-16)17-6-10-29(11-7-17)22-26-18-5-3-12-32(31)19(18)21(27-22)28-23(15-30)8-4-9-23/h1,6,13-14,30H,3-5,7-12,15H2,(H,26,27,28)/t32-/m0/s1. The van der Waals surface area contributed by atoms with Gasteiger partial charge in [0.1, 0.15) is 10.7 Å². The van der Waals surface area contributed by atoms with Gasteiger partial charge in [0.05, 0.1) is 34.2 Å². The van der Waals surface area contributed by atoms with E-state index in [4.69, 9.17) is 16.4 Å². The Labute approximate surface area is 190 Å². The molecule has 8 nitrogen and oxygen atoms in total. The number of anilines is 2. The summed E-state index contributed by atoms with van der Waals surface area (Å²) in [6.07, 6.45) is 16.1. The minimum Gasteiger partial charge on any atom is -0.394 e. The summed E-state index contributed by atoms with van der Waals surface area (Å²) in [4.78, 5) is 21.2. The lowest BCUT2D eigenvalue weighted by molar-refractivity contribution is 0.143. The fraction of sp³-hybridized carbons (Fsp3) is 0.478. The van der Waals surface area contributed by atoms with E-state index in [1.54, 1.807) is 12.4 Å². The van der Waals surface area contributed by atoms with Crippen LogP contribution in [0.4, 0.5) is 11.8 Å². The van der Waals surface area contributed by atoms with Crippen molar-refractivity contribution in [2.24, 2.45) is 0 Å². The molecule has 2 aliphatic heterocycles. The van der Waals surface area contributed by atoms with Crippen LogP contribution in [-0.2, 0) is 17.2 Å². The number of nitrogens with zero attached hydrogens (tertiary/aromatic N) is 5. The van der Waals surface area contributed by atoms with Crippen LogP contribution < -0.4 is 10.2 Å². The SMILES string of the molecule is C#Cc1cnc(C2=CCN(c3nc4c(c(NC5(CO)CCC5)n3)[S@@](=O)CCC4)CC2)nc1. The summed E-state index contributed by atoms with van der Waals surface area (Å²) in [7, 11) is -1.12. The minimum absolute atomic E-state index is 0.0437. The van der Waals surface area contributed by atoms with Crippen LogP contribution in [0, 0.1) is 12.3 Å². The number of terminal acetylenes is 1. The Balaban J connectivity index is 1.42. The molecule has 0 saturated heterocycles. The fourth-order valence-corrected chi connectivity index (χ4v) is 5.72. The molecule has 32 heavy (non-hydrogen) atoms. The molecule has 1 saturated carbocycles. The molecule has 3 aliphatic rings. The summed E-state index contributed by atoms with van der Waals surface area (Å²) in [5.41, 5.74) is 2.24. The first-order valence-corrected chi connectivity index (χ1v) is 12.3. The Morgan fingerprint density at radius 3 is 2.66 bits per heavy atom. The van der Waals surface area contributed by atoms with Crippen LogP contribution in [0.1, 0.15) is 49.2 Å². The number of aryl methyl sites for hydroxylation is 1. The van der Waals surface area contributed by atoms with Gasteiger partial charge in [0.25, 0.3) is 0 Å². The monoisotopic (exact) mass is 450 g/mol. The van der Waals surface area contributed by atoms with Gasteiger partial charge in [0.2, 0.25) is 5.95 Å². The van der Waals surface area contributed by atoms with E-state index in [1.165, 1.54) is 0 Å². The van der Waals surface area contributed by atoms with Gasteiger partial charge >= 0.3 is 0 Å². The Morgan fingerprint density at radius 2 is 2.03 bits per heavy atom. The molecular formula is C23H26N6O2S. The Hall–Kier alpha value is -2.83. The molecule has 2 N–H and O–H groups in total. The van der Waals surface area contributed by atoms with Gasteiger partial charge in [-0.15, -0.1) is 6.42 Å². The van der Waals surface area contributed by atoms with Crippen molar-refractivity contribution in [2.75, 3.05) is 35.7 Å². The highest BCUT2D eigenvalue weighted by atomic mass is 32.2. The van der Waals surface area contributed by atoms with E-state index in [1.807, 2.05) is 0 Å². The molecule has 9 heteroatoms. The first-order valence-electron chi connectivity index (χ1n) is 11.0. The lowest BCUT2D eigenvalue weighted by Gasteiger charge is -2.42. The molecule has 1 aliphatic carbocycles. The van der Waals surface area contributed by atoms with Gasteiger partial charge in [-0.25, -0.2) is 15.0 Å². The molecule has 0 aromatic carbocycles. The molecule has 0 bridgehead atoms. The number of nitrogens with one attached hydrogen (secondary N) is 1. The van der Waals surface area contributed by atoms with Crippen LogP contribution in [0.3, 0.4) is 0 Å². The maximum absolute atomic E-state index is 12.8. The third-order valence-corrected chi connectivity index (χ3v) is 8.03. The van der Waals surface area contributed by atoms with Gasteiger partial charge in [-0.05, 0) is 44.1 Å². The number of hydrogen-bond donors (Lipinski definition) is 2. The van der Waals surface area contributed by atoms with E-state index in [2.05, 4.69) is 32.2 Å². The van der Waals surface area contributed by atoms with Crippen LogP contribution in [-0.4, -0.2) is 60.2 Å². The summed E-state index contributed by atoms with van der Waals surface area (Å²) in [6, 6.07) is 0. The molecule has 0 unspecified atom stereocenters. The van der Waals surface area contributed by atoms with Crippen molar-refractivity contribution in [3.63, 3.8) is 0 Å². The zero-order valence-electron chi connectivity index (χ0n) is 17.9. The molecule has 0 amide bonds. The van der Waals surface area contributed by atoms with E-state index in [9.17, 15) is 9.32 Å². The third-order valence-electron chi connectivity index (χ3n) is 6.49. The predicted octanol–water partition coefficient (Wildman–Crippen LogP) is 1.92. The maximum atomic E-state index is 12.8. The van der Waals surface area contributed by atoms with E-state index in [0.717, 1.165) is 61.2 Å². The summed E-state index contributed by atoms with van der Waals surface area (Å²) >= 11 is 0. The van der Waals surface area contributed by atoms with E-state index in [0.29, 0.717) is 35.5 Å². The minimum atomic E-state index is -1.12. The molecule has 0 spiro atoms. The topological polar surface area (TPSA) is 104 Å². The van der Waals surface area contributed by atoms with Gasteiger partial charge in [-0.2, -0.15) is 4.98 Å². The lowest BCUT2D eigenvalue weighted by atomic mass is 9.77. The number of aromatic nitrogens is 4. The predicted molar refractivity (Wildman–Crippen MR) is 124 cm³/mol. The average molecular weight is 451 g/mol. The molecule has 1 fully saturated rings. The molecule has 4 heterocycles. The second-order valence-electron chi connectivity index (χ2n) is 8.58. The van der Waals surface area contributed by atoms with Crippen molar-refractivity contribution < 1.29 is 9.32 Å². The normalized spacial score (nSPS) is 21.7. The lowest BCUT2D eigenvalue weighted by Crippen LogP contribution is -2.49. The van der Waals surface area contributed by atoms with Crippen molar-refractivity contribution in [2.45, 2.75) is 49.0 Å². The summed E-state index contributed by atoms with van der Waals surface area (Å²) < 4.78 is 12.8. The molecule has 2 aromatic heterocycles. The van der Waals surface area contributed by atoms with Gasteiger partial charge in [0.15, 0.2) is 5.82 Å². The highest BCUT2D eigenvalue weighted by Gasteiger charge is 2.38. The first-order chi connectivity index (χ1) is 15.6. The molecule has 2 aromatic rings. The zero-order valence-corrected chi connectivity index (χ0v) is 18.7. The maximum Gasteiger partial charge on any atom is 0.227 e. The van der Waals surface area contributed by atoms with E-state index in [-0.39, 0.29) is 12.1 Å². The number of aliphatic hydroxyl groups is 1. The molecule has 1 atom stereocenters. The molecule has 0 radical (unpaired) electrons. The smallest absolute Gasteiger partial charge is 0.227 e. The number of aliphatic hydroxyl groups excluding tert-OH is 1. The third kappa shape index (κ3) is 3.89. The Morgan fingerprint density at radius 1 is 1.22 bits per heavy atom. The van der Waals surface area contributed by atoms with Crippen LogP contribution in [0.25, 0.3) is 5.57 Å². The van der Waals surface area contributed by atoms with Gasteiger partial charge < -0.3 is 15.3 Å². The molecule has 5 rings (SSSR count). The second-order valence-corrected chi connectivity index (χ2v) is 10.1. The number of rotatable bonds is 5. The number of hydrogen-bond acceptors (Lipinski definition) is 8. The van der Waals surface area contributed by atoms with Gasteiger partial charge in [-0.3, -0.25) is 4.21 Å². The molecular weight excluding hydrogens is 424 g/mol. The highest BCUT2D eigenvalue weighted by Crippen LogP contribution is 2.38. The fourth-order valence-electron chi connectivity index (χ4n) is 4.39. The van der Waals surface area contributed by atoms with Crippen molar-refractivity contribution >= 4 is 28.1 Å². The van der Waals surface area contributed by atoms with E-state index < -0.39 is 10.8 Å². The van der Waals surface area contributed by atoms with Crippen molar-refractivity contribution in [3.05, 3.63) is 35.6 Å².